The first-order valence-electron chi connectivity index (χ1n) is 30.0. The summed E-state index contributed by atoms with van der Waals surface area (Å²) in [6.07, 6.45) is 15.5. The van der Waals surface area contributed by atoms with Crippen molar-refractivity contribution in [2.45, 2.75) is 81.9 Å². The number of morpholine rings is 1. The van der Waals surface area contributed by atoms with Crippen LogP contribution in [-0.4, -0.2) is 177 Å². The van der Waals surface area contributed by atoms with E-state index < -0.39 is 20.0 Å². The molecule has 19 nitrogen and oxygen atoms in total. The Kier molecular flexibility index (Phi) is 17.1. The number of nitrogens with zero attached hydrogens (tertiary/aromatic N) is 6. The topological polar surface area (TPSA) is 218 Å². The Morgan fingerprint density at radius 3 is 1.48 bits per heavy atom. The van der Waals surface area contributed by atoms with E-state index in [1.807, 2.05) is 72.2 Å². The molecule has 88 heavy (non-hydrogen) atoms. The number of benzene rings is 4. The standard InChI is InChI=1S/C17H22ClN3O3S.C17H21ClN2O.C15H17ClN4O.C14H16ClN3O2S/c1-25(22,23)21-8-9-24-17(12-21)3-6-20(7-4-17)16-11-13(18)10-15-14(16)2-5-19-15;1-11(21)20-7-5-12(10-17(20,2)3)15-8-13(18)9-16-14(15)4-6-19-16;16-10-7-12-11(1-4-17-12)13(8-10)20-5-2-15(3-6-20)14(21)18-9-19-15;1-21(19,20)18-8-14(9-18)6-17(7-14)13-5-10(15)4-12-11(13)2-3-16-12/h2,5,10-11,19H,3-4,6-9,12H2,1H3;4,6,8-9,12,19H,5,7,10H2,1-3H3;1,4,7-8,17,19H,2-3,5-6,9H2,(H,18,21);2-5,16H,6-9H2,1H3. The molecule has 470 valence electrons. The molecular formula is C63H76Cl4N12O7S2. The quantitative estimate of drug-likeness (QED) is 0.0920. The van der Waals surface area contributed by atoms with Gasteiger partial charge in [-0.25, -0.2) is 21.1 Å². The Bertz CT molecular complexity index is 4160. The van der Waals surface area contributed by atoms with E-state index in [0.29, 0.717) is 55.4 Å². The fourth-order valence-electron chi connectivity index (χ4n) is 14.6. The highest BCUT2D eigenvalue weighted by Crippen LogP contribution is 2.46. The lowest BCUT2D eigenvalue weighted by Crippen LogP contribution is -2.72. The molecule has 7 fully saturated rings. The second-order valence-electron chi connectivity index (χ2n) is 25.6. The zero-order valence-corrected chi connectivity index (χ0v) is 54.8. The van der Waals surface area contributed by atoms with E-state index in [9.17, 15) is 26.4 Å². The molecule has 4 aromatic carbocycles. The summed E-state index contributed by atoms with van der Waals surface area (Å²) >= 11 is 24.9. The minimum absolute atomic E-state index is 0.111. The van der Waals surface area contributed by atoms with Crippen LogP contribution in [0.4, 0.5) is 17.1 Å². The van der Waals surface area contributed by atoms with Gasteiger partial charge in [-0.3, -0.25) is 14.9 Å². The highest BCUT2D eigenvalue weighted by atomic mass is 35.5. The number of rotatable bonds is 6. The number of piperidine rings is 3. The van der Waals surface area contributed by atoms with Crippen LogP contribution in [0.3, 0.4) is 0 Å². The van der Waals surface area contributed by atoms with Crippen molar-refractivity contribution >= 4 is 139 Å². The summed E-state index contributed by atoms with van der Waals surface area (Å²) in [5, 5.41) is 13.9. The van der Waals surface area contributed by atoms with E-state index in [1.54, 1.807) is 15.5 Å². The van der Waals surface area contributed by atoms with Gasteiger partial charge in [-0.15, -0.1) is 0 Å². The molecule has 11 heterocycles. The molecule has 4 aromatic heterocycles. The molecule has 3 spiro atoms. The molecule has 1 unspecified atom stereocenters. The number of H-pyrrole nitrogens is 4. The number of hydrogen-bond acceptors (Lipinski definition) is 11. The fraction of sp³-hybridized carbons (Fsp3) is 0.460. The van der Waals surface area contributed by atoms with Crippen molar-refractivity contribution in [3.05, 3.63) is 123 Å². The lowest BCUT2D eigenvalue weighted by atomic mass is 9.74. The summed E-state index contributed by atoms with van der Waals surface area (Å²) < 4.78 is 55.9. The van der Waals surface area contributed by atoms with Gasteiger partial charge in [-0.1, -0.05) is 46.4 Å². The van der Waals surface area contributed by atoms with E-state index in [1.165, 1.54) is 28.8 Å². The second kappa shape index (κ2) is 24.1. The van der Waals surface area contributed by atoms with Crippen LogP contribution in [-0.2, 0) is 34.4 Å². The van der Waals surface area contributed by atoms with Gasteiger partial charge in [-0.05, 0) is 137 Å². The summed E-state index contributed by atoms with van der Waals surface area (Å²) in [6, 6.07) is 24.1. The molecular weight excluding hydrogens is 1240 g/mol. The van der Waals surface area contributed by atoms with Crippen LogP contribution in [0.5, 0.6) is 0 Å². The van der Waals surface area contributed by atoms with E-state index in [4.69, 9.17) is 51.1 Å². The van der Waals surface area contributed by atoms with Crippen LogP contribution in [0.1, 0.15) is 70.8 Å². The Hall–Kier alpha value is -5.72. The van der Waals surface area contributed by atoms with E-state index in [0.717, 1.165) is 144 Å². The number of carbonyl (C=O) groups is 2. The van der Waals surface area contributed by atoms with Crippen molar-refractivity contribution in [1.29, 1.82) is 0 Å². The van der Waals surface area contributed by atoms with Gasteiger partial charge >= 0.3 is 0 Å². The number of ether oxygens (including phenoxy) is 1. The zero-order chi connectivity index (χ0) is 62.1. The number of aromatic amines is 4. The Labute approximate surface area is 533 Å². The average molecular weight is 1320 g/mol. The maximum Gasteiger partial charge on any atom is 0.241 e. The van der Waals surface area contributed by atoms with Gasteiger partial charge in [0.05, 0.1) is 31.4 Å². The van der Waals surface area contributed by atoms with Crippen LogP contribution in [0.15, 0.2) is 97.6 Å². The first kappa shape index (κ1) is 62.5. The lowest BCUT2D eigenvalue weighted by molar-refractivity contribution is -0.136. The van der Waals surface area contributed by atoms with Gasteiger partial charge in [0.25, 0.3) is 0 Å². The minimum Gasteiger partial charge on any atom is -0.372 e. The van der Waals surface area contributed by atoms with Crippen LogP contribution in [0.2, 0.25) is 20.1 Å². The number of likely N-dealkylation sites (tertiary alicyclic amines) is 1. The van der Waals surface area contributed by atoms with Crippen LogP contribution < -0.4 is 25.3 Å². The van der Waals surface area contributed by atoms with Gasteiger partial charge in [0.1, 0.15) is 5.54 Å². The molecule has 2 amide bonds. The number of nitrogens with one attached hydrogen (secondary N) is 6. The molecule has 0 aliphatic carbocycles. The van der Waals surface area contributed by atoms with Gasteiger partial charge in [0.15, 0.2) is 0 Å². The first-order valence-corrected chi connectivity index (χ1v) is 35.2. The summed E-state index contributed by atoms with van der Waals surface area (Å²) in [5.41, 5.74) is 8.18. The molecule has 0 bridgehead atoms. The molecule has 7 aliphatic heterocycles. The Morgan fingerprint density at radius 1 is 0.568 bits per heavy atom. The number of anilines is 3. The molecule has 0 radical (unpaired) electrons. The zero-order valence-electron chi connectivity index (χ0n) is 50.1. The van der Waals surface area contributed by atoms with Crippen molar-refractivity contribution in [2.75, 3.05) is 112 Å². The van der Waals surface area contributed by atoms with Gasteiger partial charge in [0.2, 0.25) is 31.9 Å². The summed E-state index contributed by atoms with van der Waals surface area (Å²) in [7, 11) is -6.21. The number of amides is 2. The van der Waals surface area contributed by atoms with Gasteiger partial charge < -0.3 is 49.6 Å². The predicted molar refractivity (Wildman–Crippen MR) is 355 cm³/mol. The minimum atomic E-state index is -3.18. The fourth-order valence-corrected chi connectivity index (χ4v) is 17.3. The third-order valence-corrected chi connectivity index (χ3v) is 22.5. The monoisotopic (exact) mass is 1320 g/mol. The number of aromatic nitrogens is 4. The summed E-state index contributed by atoms with van der Waals surface area (Å²) in [6.45, 7) is 15.1. The van der Waals surface area contributed by atoms with Crippen LogP contribution >= 0.6 is 46.4 Å². The number of hydrogen-bond donors (Lipinski definition) is 6. The highest BCUT2D eigenvalue weighted by molar-refractivity contribution is 7.88. The van der Waals surface area contributed by atoms with Crippen molar-refractivity contribution in [2.24, 2.45) is 5.41 Å². The van der Waals surface area contributed by atoms with Crippen molar-refractivity contribution in [1.82, 2.24) is 44.1 Å². The molecule has 25 heteroatoms. The lowest BCUT2D eigenvalue weighted by Gasteiger charge is -2.60. The summed E-state index contributed by atoms with van der Waals surface area (Å²) in [4.78, 5) is 45.5. The predicted octanol–water partition coefficient (Wildman–Crippen LogP) is 10.5. The van der Waals surface area contributed by atoms with Gasteiger partial charge in [-0.2, -0.15) is 4.31 Å². The molecule has 6 N–H and O–H groups in total. The maximum absolute atomic E-state index is 12.0. The van der Waals surface area contributed by atoms with Crippen molar-refractivity contribution in [3.8, 4) is 0 Å². The van der Waals surface area contributed by atoms with Crippen molar-refractivity contribution < 1.29 is 31.2 Å². The molecule has 0 saturated carbocycles. The summed E-state index contributed by atoms with van der Waals surface area (Å²) in [5.74, 6) is 0.740. The number of sulfonamides is 2. The first-order chi connectivity index (χ1) is 41.8. The SMILES string of the molecule is CC(=O)N1CCC(c2cc(Cl)cc3[nH]ccc23)CC1(C)C.CS(=O)(=O)N1CC2(CN(c3cc(Cl)cc4[nH]ccc34)C2)C1.CS(=O)(=O)N1CCOC2(CCN(c3cc(Cl)cc4[nH]ccc34)CC2)C1.O=C1NCNC12CCN(c1cc(Cl)cc3[nH]ccc13)CC2. The second-order valence-corrected chi connectivity index (χ2v) is 31.3. The largest absolute Gasteiger partial charge is 0.372 e. The molecule has 7 aliphatic rings. The maximum atomic E-state index is 12.0. The number of fused-ring (bicyclic) bond motifs is 4. The van der Waals surface area contributed by atoms with E-state index in [2.05, 4.69) is 89.4 Å². The van der Waals surface area contributed by atoms with E-state index in [-0.39, 0.29) is 33.9 Å². The highest BCUT2D eigenvalue weighted by Gasteiger charge is 2.54. The number of carbonyl (C=O) groups excluding carboxylic acids is 2. The van der Waals surface area contributed by atoms with Gasteiger partial charge in [0, 0.05) is 195 Å². The molecule has 15 rings (SSSR count). The van der Waals surface area contributed by atoms with Crippen molar-refractivity contribution in [3.63, 3.8) is 0 Å². The average Bonchev–Trinajstić information content (AvgIpc) is 1.97. The Balaban J connectivity index is 0.000000115. The smallest absolute Gasteiger partial charge is 0.241 e. The number of halogens is 4. The van der Waals surface area contributed by atoms with Crippen LogP contribution in [0, 0.1) is 5.41 Å². The van der Waals surface area contributed by atoms with Crippen LogP contribution in [0.25, 0.3) is 43.6 Å². The third-order valence-electron chi connectivity index (χ3n) is 19.2. The normalized spacial score (nSPS) is 21.6. The van der Waals surface area contributed by atoms with E-state index >= 15 is 0 Å². The molecule has 7 saturated heterocycles. The molecule has 8 aromatic rings. The third kappa shape index (κ3) is 12.7. The Morgan fingerprint density at radius 2 is 1.02 bits per heavy atom. The molecule has 1 atom stereocenters.